The summed E-state index contributed by atoms with van der Waals surface area (Å²) in [6, 6.07) is -0.312. The van der Waals surface area contributed by atoms with Gasteiger partial charge in [0.25, 0.3) is 0 Å². The van der Waals surface area contributed by atoms with Gasteiger partial charge >= 0.3 is 0 Å². The second kappa shape index (κ2) is 7.13. The fourth-order valence-corrected chi connectivity index (χ4v) is 11.0. The highest BCUT2D eigenvalue weighted by molar-refractivity contribution is 5.41. The number of aliphatic hydroxyl groups is 3. The van der Waals surface area contributed by atoms with Crippen molar-refractivity contribution in [3.63, 3.8) is 0 Å². The molecule has 1 aliphatic heterocycles. The molecule has 3 N–H and O–H groups in total. The minimum Gasteiger partial charge on any atom is -0.392 e. The SMILES string of the molecule is CCN1C[C@]2(COC)CC[C@H](OC)[C@@]34C5C[C@@H]6C(OC)C[C@@](O)(C5[C@H]6O)[C@](O)([C@@H](OC)[C@H]23)[C@@H]14. The fraction of sp³-hybridized carbons (Fsp3) is 1.00. The molecule has 0 amide bonds. The van der Waals surface area contributed by atoms with E-state index in [0.717, 1.165) is 32.4 Å². The Morgan fingerprint density at radius 1 is 1.06 bits per heavy atom. The smallest absolute Gasteiger partial charge is 0.136 e. The summed E-state index contributed by atoms with van der Waals surface area (Å²) in [5.74, 6) is -0.492. The maximum atomic E-state index is 12.9. The number of piperidine rings is 1. The topological polar surface area (TPSA) is 101 Å². The Balaban J connectivity index is 1.68. The lowest BCUT2D eigenvalue weighted by Gasteiger charge is -2.70. The van der Waals surface area contributed by atoms with Crippen LogP contribution in [0.3, 0.4) is 0 Å². The molecule has 0 aromatic carbocycles. The lowest BCUT2D eigenvalue weighted by molar-refractivity contribution is -0.318. The molecule has 8 heteroatoms. The number of aliphatic hydroxyl groups excluding tert-OH is 1. The first-order valence-electron chi connectivity index (χ1n) is 12.7. The molecule has 1 saturated heterocycles. The van der Waals surface area contributed by atoms with Crippen molar-refractivity contribution in [2.75, 3.05) is 48.1 Å². The van der Waals surface area contributed by atoms with Gasteiger partial charge in [0.2, 0.25) is 0 Å². The fourth-order valence-electron chi connectivity index (χ4n) is 11.0. The molecule has 5 aliphatic carbocycles. The Hall–Kier alpha value is -0.320. The van der Waals surface area contributed by atoms with Crippen LogP contribution in [0.2, 0.25) is 0 Å². The van der Waals surface area contributed by atoms with Gasteiger partial charge in [-0.25, -0.2) is 0 Å². The molecule has 6 rings (SSSR count). The molecule has 6 aliphatic rings. The Morgan fingerprint density at radius 3 is 2.42 bits per heavy atom. The van der Waals surface area contributed by atoms with Gasteiger partial charge in [0.1, 0.15) is 11.2 Å². The number of fused-ring (bicyclic) bond motifs is 2. The first kappa shape index (κ1) is 23.1. The van der Waals surface area contributed by atoms with E-state index in [4.69, 9.17) is 18.9 Å². The van der Waals surface area contributed by atoms with Gasteiger partial charge in [0.15, 0.2) is 0 Å². The van der Waals surface area contributed by atoms with E-state index < -0.39 is 34.7 Å². The molecule has 0 aromatic rings. The zero-order valence-corrected chi connectivity index (χ0v) is 20.6. The molecule has 7 bridgehead atoms. The van der Waals surface area contributed by atoms with Crippen molar-refractivity contribution in [1.29, 1.82) is 0 Å². The first-order valence-corrected chi connectivity index (χ1v) is 12.7. The van der Waals surface area contributed by atoms with E-state index in [9.17, 15) is 15.3 Å². The van der Waals surface area contributed by atoms with Crippen molar-refractivity contribution < 1.29 is 34.3 Å². The Morgan fingerprint density at radius 2 is 1.82 bits per heavy atom. The molecule has 5 saturated carbocycles. The van der Waals surface area contributed by atoms with Crippen LogP contribution < -0.4 is 0 Å². The highest BCUT2D eigenvalue weighted by Gasteiger charge is 2.91. The minimum absolute atomic E-state index is 0.00825. The third-order valence-corrected chi connectivity index (χ3v) is 11.5. The van der Waals surface area contributed by atoms with Crippen LogP contribution in [0.15, 0.2) is 0 Å². The van der Waals surface area contributed by atoms with Crippen LogP contribution in [0.1, 0.15) is 32.6 Å². The third kappa shape index (κ3) is 2.20. The van der Waals surface area contributed by atoms with Crippen molar-refractivity contribution in [3.8, 4) is 0 Å². The molecule has 33 heavy (non-hydrogen) atoms. The second-order valence-corrected chi connectivity index (χ2v) is 11.9. The summed E-state index contributed by atoms with van der Waals surface area (Å²) in [5, 5.41) is 37.1. The van der Waals surface area contributed by atoms with Gasteiger partial charge in [-0.2, -0.15) is 0 Å². The molecule has 0 radical (unpaired) electrons. The molecule has 1 spiro atoms. The maximum Gasteiger partial charge on any atom is 0.136 e. The van der Waals surface area contributed by atoms with Crippen LogP contribution in [0, 0.1) is 34.5 Å². The third-order valence-electron chi connectivity index (χ3n) is 11.5. The molecule has 6 fully saturated rings. The van der Waals surface area contributed by atoms with Gasteiger partial charge in [-0.3, -0.25) is 4.90 Å². The summed E-state index contributed by atoms with van der Waals surface area (Å²) >= 11 is 0. The molecular weight excluding hydrogens is 426 g/mol. The molecule has 188 valence electrons. The molecule has 3 unspecified atom stereocenters. The van der Waals surface area contributed by atoms with Gasteiger partial charge < -0.3 is 34.3 Å². The quantitative estimate of drug-likeness (QED) is 0.512. The maximum absolute atomic E-state index is 12.9. The van der Waals surface area contributed by atoms with Gasteiger partial charge in [-0.1, -0.05) is 6.92 Å². The largest absolute Gasteiger partial charge is 0.392 e. The van der Waals surface area contributed by atoms with Crippen LogP contribution in [0.25, 0.3) is 0 Å². The zero-order chi connectivity index (χ0) is 23.6. The highest BCUT2D eigenvalue weighted by Crippen LogP contribution is 2.80. The van der Waals surface area contributed by atoms with E-state index in [-0.39, 0.29) is 41.4 Å². The Kier molecular flexibility index (Phi) is 4.99. The number of ether oxygens (including phenoxy) is 4. The first-order chi connectivity index (χ1) is 15.8. The lowest BCUT2D eigenvalue weighted by Crippen LogP contribution is -2.82. The van der Waals surface area contributed by atoms with E-state index in [0.29, 0.717) is 13.0 Å². The van der Waals surface area contributed by atoms with E-state index in [2.05, 4.69) is 11.8 Å². The number of hydrogen-bond donors (Lipinski definition) is 3. The predicted octanol–water partition coefficient (Wildman–Crippen LogP) is 0.271. The van der Waals surface area contributed by atoms with Crippen LogP contribution in [0.4, 0.5) is 0 Å². The number of rotatable bonds is 6. The molecule has 0 aromatic heterocycles. The van der Waals surface area contributed by atoms with E-state index in [1.165, 1.54) is 0 Å². The number of nitrogens with zero attached hydrogens (tertiary/aromatic N) is 1. The Bertz CT molecular complexity index is 814. The predicted molar refractivity (Wildman–Crippen MR) is 119 cm³/mol. The normalized spacial score (nSPS) is 60.9. The average molecular weight is 468 g/mol. The van der Waals surface area contributed by atoms with Gasteiger partial charge in [0, 0.05) is 70.0 Å². The van der Waals surface area contributed by atoms with Crippen molar-refractivity contribution in [2.24, 2.45) is 34.5 Å². The number of hydrogen-bond acceptors (Lipinski definition) is 8. The average Bonchev–Trinajstić information content (AvgIpc) is 3.16. The monoisotopic (exact) mass is 467 g/mol. The van der Waals surface area contributed by atoms with Crippen molar-refractivity contribution in [3.05, 3.63) is 0 Å². The van der Waals surface area contributed by atoms with Crippen molar-refractivity contribution in [1.82, 2.24) is 4.90 Å². The summed E-state index contributed by atoms with van der Waals surface area (Å²) in [6.45, 7) is 4.28. The van der Waals surface area contributed by atoms with E-state index >= 15 is 0 Å². The molecule has 13 atom stereocenters. The van der Waals surface area contributed by atoms with E-state index in [1.54, 1.807) is 28.4 Å². The standard InChI is InChI=1S/C25H41NO7/c1-6-26-11-22(12-30-2)8-7-16(32-4)24-14-9-13-15(31-3)10-23(28,17(14)18(13)27)25(29,21(24)26)20(33-5)19(22)24/h13-21,27-29H,6-12H2,1-5H3/t13-,14?,15?,16+,17?,18+,19-,20+,21+,22+,23-,24+,25+/m1/s1. The summed E-state index contributed by atoms with van der Waals surface area (Å²) < 4.78 is 24.2. The zero-order valence-electron chi connectivity index (χ0n) is 20.6. The van der Waals surface area contributed by atoms with Crippen LogP contribution in [-0.4, -0.2) is 110 Å². The van der Waals surface area contributed by atoms with Gasteiger partial charge in [-0.05, 0) is 31.7 Å². The van der Waals surface area contributed by atoms with Crippen molar-refractivity contribution >= 4 is 0 Å². The summed E-state index contributed by atoms with van der Waals surface area (Å²) in [7, 11) is 6.85. The van der Waals surface area contributed by atoms with E-state index in [1.807, 2.05) is 0 Å². The minimum atomic E-state index is -1.55. The van der Waals surface area contributed by atoms with Gasteiger partial charge in [0.05, 0.1) is 37.1 Å². The number of methoxy groups -OCH3 is 4. The Labute approximate surface area is 196 Å². The molecule has 1 heterocycles. The number of likely N-dealkylation sites (tertiary alicyclic amines) is 1. The van der Waals surface area contributed by atoms with Gasteiger partial charge in [-0.15, -0.1) is 0 Å². The lowest BCUT2D eigenvalue weighted by atomic mass is 9.42. The summed E-state index contributed by atoms with van der Waals surface area (Å²) in [4.78, 5) is 2.38. The summed E-state index contributed by atoms with van der Waals surface area (Å²) in [6.07, 6.45) is 1.21. The van der Waals surface area contributed by atoms with Crippen LogP contribution >= 0.6 is 0 Å². The van der Waals surface area contributed by atoms with Crippen LogP contribution in [-0.2, 0) is 18.9 Å². The van der Waals surface area contributed by atoms with Crippen molar-refractivity contribution in [2.45, 2.75) is 74.3 Å². The highest BCUT2D eigenvalue weighted by atomic mass is 16.5. The molecular formula is C25H41NO7. The molecule has 8 nitrogen and oxygen atoms in total. The number of likely N-dealkylation sites (N-methyl/N-ethyl adjacent to an activating group) is 1. The second-order valence-electron chi connectivity index (χ2n) is 11.9. The summed E-state index contributed by atoms with van der Waals surface area (Å²) in [5.41, 5.74) is -3.70. The van der Waals surface area contributed by atoms with Crippen LogP contribution in [0.5, 0.6) is 0 Å².